The van der Waals surface area contributed by atoms with Gasteiger partial charge in [-0.05, 0) is 45.2 Å². The highest BCUT2D eigenvalue weighted by Crippen LogP contribution is 2.23. The number of nitrogens with one attached hydrogen (secondary N) is 2. The van der Waals surface area contributed by atoms with Crippen LogP contribution >= 0.6 is 0 Å². The second kappa shape index (κ2) is 9.37. The van der Waals surface area contributed by atoms with Crippen LogP contribution in [0.2, 0.25) is 0 Å². The van der Waals surface area contributed by atoms with Crippen LogP contribution in [-0.2, 0) is 16.0 Å². The lowest BCUT2D eigenvalue weighted by Crippen LogP contribution is -2.45. The van der Waals surface area contributed by atoms with E-state index in [2.05, 4.69) is 53.4 Å². The maximum atomic E-state index is 5.84. The maximum Gasteiger partial charge on any atom is 0.191 e. The molecule has 2 aliphatic rings. The average molecular weight is 376 g/mol. The van der Waals surface area contributed by atoms with Gasteiger partial charge in [0.25, 0.3) is 0 Å². The summed E-state index contributed by atoms with van der Waals surface area (Å²) >= 11 is 0. The molecule has 0 radical (unpaired) electrons. The maximum absolute atomic E-state index is 5.84. The summed E-state index contributed by atoms with van der Waals surface area (Å²) in [6, 6.07) is 4.19. The SMILES string of the molecule is CCNC(=NCc1ccc(N2CCOC(C)C2)nc1)NCC1(C)CCCO1. The molecular formula is C20H33N5O2. The fourth-order valence-corrected chi connectivity index (χ4v) is 3.48. The minimum atomic E-state index is -0.0886. The Morgan fingerprint density at radius 1 is 1.37 bits per heavy atom. The van der Waals surface area contributed by atoms with E-state index in [9.17, 15) is 0 Å². The largest absolute Gasteiger partial charge is 0.375 e. The molecule has 0 aromatic carbocycles. The van der Waals surface area contributed by atoms with Gasteiger partial charge in [0.15, 0.2) is 5.96 Å². The molecule has 1 aromatic rings. The van der Waals surface area contributed by atoms with E-state index >= 15 is 0 Å². The molecule has 2 fully saturated rings. The Kier molecular flexibility index (Phi) is 6.90. The molecule has 7 nitrogen and oxygen atoms in total. The normalized spacial score (nSPS) is 26.3. The second-order valence-corrected chi connectivity index (χ2v) is 7.60. The van der Waals surface area contributed by atoms with Crippen LogP contribution in [0.25, 0.3) is 0 Å². The quantitative estimate of drug-likeness (QED) is 0.585. The summed E-state index contributed by atoms with van der Waals surface area (Å²) in [4.78, 5) is 11.6. The van der Waals surface area contributed by atoms with E-state index < -0.39 is 0 Å². The minimum absolute atomic E-state index is 0.0886. The topological polar surface area (TPSA) is 71.0 Å². The van der Waals surface area contributed by atoms with E-state index in [-0.39, 0.29) is 11.7 Å². The highest BCUT2D eigenvalue weighted by atomic mass is 16.5. The molecule has 2 atom stereocenters. The molecule has 1 aromatic heterocycles. The third-order valence-electron chi connectivity index (χ3n) is 5.07. The van der Waals surface area contributed by atoms with Crippen molar-refractivity contribution in [2.45, 2.75) is 51.9 Å². The first-order valence-corrected chi connectivity index (χ1v) is 10.1. The Balaban J connectivity index is 1.55. The number of aliphatic imine (C=N–C) groups is 1. The van der Waals surface area contributed by atoms with Crippen molar-refractivity contribution in [1.29, 1.82) is 0 Å². The Morgan fingerprint density at radius 3 is 2.93 bits per heavy atom. The first-order valence-electron chi connectivity index (χ1n) is 10.1. The van der Waals surface area contributed by atoms with E-state index in [0.29, 0.717) is 6.54 Å². The Hall–Kier alpha value is -1.86. The zero-order valence-corrected chi connectivity index (χ0v) is 16.8. The summed E-state index contributed by atoms with van der Waals surface area (Å²) in [6.07, 6.45) is 4.39. The molecule has 7 heteroatoms. The van der Waals surface area contributed by atoms with Crippen molar-refractivity contribution in [3.05, 3.63) is 23.9 Å². The van der Waals surface area contributed by atoms with E-state index in [1.165, 1.54) is 0 Å². The van der Waals surface area contributed by atoms with Gasteiger partial charge in [-0.15, -0.1) is 0 Å². The Bertz CT molecular complexity index is 613. The van der Waals surface area contributed by atoms with Crippen LogP contribution in [0, 0.1) is 0 Å². The van der Waals surface area contributed by atoms with E-state index in [0.717, 1.165) is 69.6 Å². The summed E-state index contributed by atoms with van der Waals surface area (Å²) in [5.41, 5.74) is 1.01. The van der Waals surface area contributed by atoms with Crippen LogP contribution in [0.5, 0.6) is 0 Å². The summed E-state index contributed by atoms with van der Waals surface area (Å²) in [6.45, 7) is 11.9. The predicted molar refractivity (Wildman–Crippen MR) is 108 cm³/mol. The van der Waals surface area contributed by atoms with Gasteiger partial charge in [-0.1, -0.05) is 6.07 Å². The zero-order valence-electron chi connectivity index (χ0n) is 16.8. The van der Waals surface area contributed by atoms with E-state index in [4.69, 9.17) is 14.5 Å². The van der Waals surface area contributed by atoms with E-state index in [1.807, 2.05) is 6.20 Å². The van der Waals surface area contributed by atoms with Crippen molar-refractivity contribution < 1.29 is 9.47 Å². The number of hydrogen-bond donors (Lipinski definition) is 2. The molecular weight excluding hydrogens is 342 g/mol. The van der Waals surface area contributed by atoms with Crippen molar-refractivity contribution in [1.82, 2.24) is 15.6 Å². The number of pyridine rings is 1. The van der Waals surface area contributed by atoms with Crippen LogP contribution in [0.3, 0.4) is 0 Å². The summed E-state index contributed by atoms with van der Waals surface area (Å²) in [5, 5.41) is 6.72. The lowest BCUT2D eigenvalue weighted by atomic mass is 10.0. The molecule has 3 heterocycles. The fraction of sp³-hybridized carbons (Fsp3) is 0.700. The third kappa shape index (κ3) is 5.81. The zero-order chi connectivity index (χ0) is 19.1. The van der Waals surface area contributed by atoms with Crippen molar-refractivity contribution in [2.24, 2.45) is 4.99 Å². The predicted octanol–water partition coefficient (Wildman–Crippen LogP) is 1.93. The highest BCUT2D eigenvalue weighted by Gasteiger charge is 2.29. The van der Waals surface area contributed by atoms with Gasteiger partial charge >= 0.3 is 0 Å². The molecule has 0 amide bonds. The molecule has 0 saturated carbocycles. The van der Waals surface area contributed by atoms with Crippen LogP contribution in [0.1, 0.15) is 39.2 Å². The summed E-state index contributed by atoms with van der Waals surface area (Å²) in [5.74, 6) is 1.83. The van der Waals surface area contributed by atoms with Gasteiger partial charge in [0, 0.05) is 39.0 Å². The summed E-state index contributed by atoms with van der Waals surface area (Å²) < 4.78 is 11.4. The van der Waals surface area contributed by atoms with Crippen molar-refractivity contribution in [2.75, 3.05) is 44.3 Å². The summed E-state index contributed by atoms with van der Waals surface area (Å²) in [7, 11) is 0. The number of morpholine rings is 1. The number of rotatable bonds is 6. The molecule has 2 aliphatic heterocycles. The van der Waals surface area contributed by atoms with Gasteiger partial charge in [-0.3, -0.25) is 0 Å². The Labute approximate surface area is 162 Å². The van der Waals surface area contributed by atoms with Crippen molar-refractivity contribution >= 4 is 11.8 Å². The van der Waals surface area contributed by atoms with Crippen LogP contribution in [0.15, 0.2) is 23.3 Å². The molecule has 3 rings (SSSR count). The molecule has 0 bridgehead atoms. The number of guanidine groups is 1. The molecule has 2 N–H and O–H groups in total. The molecule has 0 spiro atoms. The standard InChI is InChI=1S/C20H33N5O2/c1-4-21-19(24-15-20(3)8-5-10-27-20)23-13-17-6-7-18(22-12-17)25-9-11-26-16(2)14-25/h6-7,12,16H,4-5,8-11,13-15H2,1-3H3,(H2,21,23,24). The van der Waals surface area contributed by atoms with E-state index in [1.54, 1.807) is 0 Å². The Morgan fingerprint density at radius 2 is 2.26 bits per heavy atom. The molecule has 2 unspecified atom stereocenters. The van der Waals surface area contributed by atoms with Gasteiger partial charge in [0.1, 0.15) is 5.82 Å². The number of hydrogen-bond acceptors (Lipinski definition) is 5. The monoisotopic (exact) mass is 375 g/mol. The first-order chi connectivity index (χ1) is 13.1. The van der Waals surface area contributed by atoms with Crippen LogP contribution in [0.4, 0.5) is 5.82 Å². The van der Waals surface area contributed by atoms with Gasteiger partial charge < -0.3 is 25.0 Å². The van der Waals surface area contributed by atoms with Gasteiger partial charge in [0.05, 0.1) is 24.9 Å². The second-order valence-electron chi connectivity index (χ2n) is 7.60. The van der Waals surface area contributed by atoms with Crippen LogP contribution in [-0.4, -0.2) is 62.0 Å². The minimum Gasteiger partial charge on any atom is -0.375 e. The van der Waals surface area contributed by atoms with Crippen LogP contribution < -0.4 is 15.5 Å². The number of nitrogens with zero attached hydrogens (tertiary/aromatic N) is 3. The first kappa shape index (κ1) is 19.9. The lowest BCUT2D eigenvalue weighted by Gasteiger charge is -2.32. The lowest BCUT2D eigenvalue weighted by molar-refractivity contribution is 0.0243. The average Bonchev–Trinajstić information content (AvgIpc) is 3.11. The number of aromatic nitrogens is 1. The molecule has 150 valence electrons. The smallest absolute Gasteiger partial charge is 0.191 e. The number of ether oxygens (including phenoxy) is 2. The van der Waals surface area contributed by atoms with Crippen molar-refractivity contribution in [3.8, 4) is 0 Å². The number of anilines is 1. The van der Waals surface area contributed by atoms with Gasteiger partial charge in [0.2, 0.25) is 0 Å². The van der Waals surface area contributed by atoms with Gasteiger partial charge in [-0.25, -0.2) is 9.98 Å². The fourth-order valence-electron chi connectivity index (χ4n) is 3.48. The highest BCUT2D eigenvalue weighted by molar-refractivity contribution is 5.79. The molecule has 0 aliphatic carbocycles. The van der Waals surface area contributed by atoms with Gasteiger partial charge in [-0.2, -0.15) is 0 Å². The van der Waals surface area contributed by atoms with Crippen molar-refractivity contribution in [3.63, 3.8) is 0 Å². The third-order valence-corrected chi connectivity index (χ3v) is 5.07. The molecule has 27 heavy (non-hydrogen) atoms. The molecule has 2 saturated heterocycles.